The molecular weight excluding hydrogens is 148 g/mol. The van der Waals surface area contributed by atoms with E-state index >= 15 is 0 Å². The number of rotatable bonds is 1. The second-order valence-electron chi connectivity index (χ2n) is 2.00. The van der Waals surface area contributed by atoms with Crippen LogP contribution in [0.5, 0.6) is 0 Å². The van der Waals surface area contributed by atoms with E-state index in [1.54, 1.807) is 12.1 Å². The highest BCUT2D eigenvalue weighted by Gasteiger charge is 2.02. The van der Waals surface area contributed by atoms with E-state index in [0.29, 0.717) is 0 Å². The fourth-order valence-corrected chi connectivity index (χ4v) is 1.22. The first-order valence-corrected chi connectivity index (χ1v) is 4.66. The standard InChI is InChI=1S/C7H8O2S/c1-10(8,9)7-5-3-2-4-6-7/h2-6H,1H3/i5D. The zero-order valence-corrected chi connectivity index (χ0v) is 6.35. The van der Waals surface area contributed by atoms with Gasteiger partial charge in [0, 0.05) is 6.26 Å². The SMILES string of the molecule is [2H]c1ccccc1S(C)(=O)=O. The van der Waals surface area contributed by atoms with Crippen molar-refractivity contribution in [2.75, 3.05) is 6.26 Å². The molecule has 0 spiro atoms. The van der Waals surface area contributed by atoms with Crippen LogP contribution in [0.15, 0.2) is 35.2 Å². The molecule has 2 nitrogen and oxygen atoms in total. The second kappa shape index (κ2) is 2.42. The molecule has 0 aromatic heterocycles. The van der Waals surface area contributed by atoms with Crippen LogP contribution in [0.1, 0.15) is 1.37 Å². The molecule has 0 N–H and O–H groups in total. The smallest absolute Gasteiger partial charge is 0.175 e. The van der Waals surface area contributed by atoms with Crippen molar-refractivity contribution < 1.29 is 9.79 Å². The fraction of sp³-hybridized carbons (Fsp3) is 0.143. The Morgan fingerprint density at radius 2 is 2.10 bits per heavy atom. The molecule has 0 bridgehead atoms. The van der Waals surface area contributed by atoms with Gasteiger partial charge in [-0.1, -0.05) is 18.2 Å². The minimum atomic E-state index is -3.22. The molecule has 0 aliphatic heterocycles. The van der Waals surface area contributed by atoms with Gasteiger partial charge >= 0.3 is 0 Å². The van der Waals surface area contributed by atoms with Gasteiger partial charge in [0.15, 0.2) is 9.84 Å². The van der Waals surface area contributed by atoms with Crippen molar-refractivity contribution in [1.29, 1.82) is 0 Å². The Labute approximate surface area is 61.8 Å². The summed E-state index contributed by atoms with van der Waals surface area (Å²) >= 11 is 0. The maximum absolute atomic E-state index is 10.9. The molecule has 54 valence electrons. The molecule has 0 amide bonds. The summed E-state index contributed by atoms with van der Waals surface area (Å²) in [5.74, 6) is 0. The van der Waals surface area contributed by atoms with Gasteiger partial charge in [-0.15, -0.1) is 0 Å². The van der Waals surface area contributed by atoms with E-state index < -0.39 is 9.84 Å². The van der Waals surface area contributed by atoms with E-state index in [1.165, 1.54) is 12.1 Å². The van der Waals surface area contributed by atoms with Crippen molar-refractivity contribution in [3.05, 3.63) is 30.3 Å². The number of hydrogen-bond acceptors (Lipinski definition) is 2. The molecular formula is C7H8O2S. The molecule has 0 radical (unpaired) electrons. The van der Waals surface area contributed by atoms with E-state index in [4.69, 9.17) is 1.37 Å². The van der Waals surface area contributed by atoms with Gasteiger partial charge in [0.25, 0.3) is 0 Å². The molecule has 0 heterocycles. The Morgan fingerprint density at radius 1 is 1.40 bits per heavy atom. The van der Waals surface area contributed by atoms with Gasteiger partial charge in [0.2, 0.25) is 0 Å². The molecule has 1 rings (SSSR count). The van der Waals surface area contributed by atoms with Gasteiger partial charge in [-0.2, -0.15) is 0 Å². The minimum Gasteiger partial charge on any atom is -0.224 e. The van der Waals surface area contributed by atoms with Crippen LogP contribution in [-0.4, -0.2) is 14.7 Å². The molecule has 10 heavy (non-hydrogen) atoms. The summed E-state index contributed by atoms with van der Waals surface area (Å²) < 4.78 is 29.1. The highest BCUT2D eigenvalue weighted by Crippen LogP contribution is 2.05. The van der Waals surface area contributed by atoms with Crippen molar-refractivity contribution in [1.82, 2.24) is 0 Å². The fourth-order valence-electron chi connectivity index (χ4n) is 0.608. The van der Waals surface area contributed by atoms with Crippen molar-refractivity contribution >= 4 is 9.84 Å². The molecule has 0 unspecified atom stereocenters. The van der Waals surface area contributed by atoms with Gasteiger partial charge in [-0.25, -0.2) is 8.42 Å². The Balaban J connectivity index is 3.37. The maximum atomic E-state index is 10.9. The molecule has 0 saturated carbocycles. The van der Waals surface area contributed by atoms with Crippen LogP contribution in [0.2, 0.25) is 0 Å². The van der Waals surface area contributed by atoms with Crippen LogP contribution in [-0.2, 0) is 9.84 Å². The highest BCUT2D eigenvalue weighted by molar-refractivity contribution is 7.90. The van der Waals surface area contributed by atoms with E-state index in [9.17, 15) is 8.42 Å². The highest BCUT2D eigenvalue weighted by atomic mass is 32.2. The Hall–Kier alpha value is -0.830. The first-order chi connectivity index (χ1) is 5.02. The number of sulfone groups is 1. The summed E-state index contributed by atoms with van der Waals surface area (Å²) in [5.41, 5.74) is 0. The lowest BCUT2D eigenvalue weighted by molar-refractivity contribution is 0.602. The average Bonchev–Trinajstić information content (AvgIpc) is 1.86. The van der Waals surface area contributed by atoms with Crippen molar-refractivity contribution in [2.24, 2.45) is 0 Å². The Morgan fingerprint density at radius 3 is 2.50 bits per heavy atom. The van der Waals surface area contributed by atoms with Gasteiger partial charge in [0.1, 0.15) is 0 Å². The van der Waals surface area contributed by atoms with Crippen LogP contribution in [0.4, 0.5) is 0 Å². The maximum Gasteiger partial charge on any atom is 0.175 e. The molecule has 0 fully saturated rings. The molecule has 0 aliphatic rings. The van der Waals surface area contributed by atoms with Crippen LogP contribution < -0.4 is 0 Å². The predicted molar refractivity (Wildman–Crippen MR) is 39.6 cm³/mol. The van der Waals surface area contributed by atoms with E-state index in [0.717, 1.165) is 6.26 Å². The third-order valence-corrected chi connectivity index (χ3v) is 2.13. The minimum absolute atomic E-state index is 0.0509. The zero-order valence-electron chi connectivity index (χ0n) is 6.53. The van der Waals surface area contributed by atoms with Crippen molar-refractivity contribution in [3.63, 3.8) is 0 Å². The molecule has 0 aliphatic carbocycles. The summed E-state index contributed by atoms with van der Waals surface area (Å²) in [6.07, 6.45) is 1.10. The predicted octanol–water partition coefficient (Wildman–Crippen LogP) is 1.09. The number of benzene rings is 1. The quantitative estimate of drug-likeness (QED) is 0.611. The Kier molecular flexibility index (Phi) is 1.43. The van der Waals surface area contributed by atoms with Crippen molar-refractivity contribution in [3.8, 4) is 0 Å². The second-order valence-corrected chi connectivity index (χ2v) is 3.98. The third-order valence-electron chi connectivity index (χ3n) is 1.08. The topological polar surface area (TPSA) is 34.1 Å². The normalized spacial score (nSPS) is 12.7. The molecule has 1 aromatic rings. The lowest BCUT2D eigenvalue weighted by atomic mass is 10.4. The molecule has 0 atom stereocenters. The monoisotopic (exact) mass is 157 g/mol. The molecule has 1 aromatic carbocycles. The summed E-state index contributed by atoms with van der Waals surface area (Å²) in [6, 6.07) is 6.18. The summed E-state index contributed by atoms with van der Waals surface area (Å²) in [5, 5.41) is 0. The lowest BCUT2D eigenvalue weighted by Gasteiger charge is -1.93. The van der Waals surface area contributed by atoms with Crippen molar-refractivity contribution in [2.45, 2.75) is 4.90 Å². The Bertz CT molecular complexity index is 356. The van der Waals surface area contributed by atoms with Crippen LogP contribution >= 0.6 is 0 Å². The first kappa shape index (κ1) is 5.92. The van der Waals surface area contributed by atoms with Gasteiger partial charge in [-0.05, 0) is 12.1 Å². The van der Waals surface area contributed by atoms with E-state index in [2.05, 4.69) is 0 Å². The zero-order chi connectivity index (χ0) is 8.48. The average molecular weight is 157 g/mol. The van der Waals surface area contributed by atoms with Crippen LogP contribution in [0, 0.1) is 0 Å². The lowest BCUT2D eigenvalue weighted by Crippen LogP contribution is -1.95. The number of hydrogen-bond donors (Lipinski definition) is 0. The molecule has 0 saturated heterocycles. The van der Waals surface area contributed by atoms with Gasteiger partial charge < -0.3 is 0 Å². The van der Waals surface area contributed by atoms with Crippen LogP contribution in [0.3, 0.4) is 0 Å². The first-order valence-electron chi connectivity index (χ1n) is 3.27. The summed E-state index contributed by atoms with van der Waals surface area (Å²) in [7, 11) is -3.22. The van der Waals surface area contributed by atoms with Gasteiger partial charge in [-0.3, -0.25) is 0 Å². The van der Waals surface area contributed by atoms with E-state index in [-0.39, 0.29) is 10.9 Å². The van der Waals surface area contributed by atoms with Crippen LogP contribution in [0.25, 0.3) is 0 Å². The third kappa shape index (κ3) is 1.57. The molecule has 3 heteroatoms. The largest absolute Gasteiger partial charge is 0.224 e. The summed E-state index contributed by atoms with van der Waals surface area (Å²) in [4.78, 5) is 0.0833. The van der Waals surface area contributed by atoms with E-state index in [1.807, 2.05) is 0 Å². The summed E-state index contributed by atoms with van der Waals surface area (Å²) in [6.45, 7) is 0. The van der Waals surface area contributed by atoms with Gasteiger partial charge in [0.05, 0.1) is 6.27 Å².